The third-order valence-corrected chi connectivity index (χ3v) is 4.47. The predicted molar refractivity (Wildman–Crippen MR) is 95.5 cm³/mol. The molecule has 12 nitrogen and oxygen atoms in total. The van der Waals surface area contributed by atoms with E-state index in [2.05, 4.69) is 10.1 Å². The molecule has 158 valence electrons. The number of halogens is 1. The summed E-state index contributed by atoms with van der Waals surface area (Å²) in [7, 11) is 1.28. The Hall–Kier alpha value is -2.90. The number of benzene rings is 1. The molecule has 1 fully saturated rings. The highest BCUT2D eigenvalue weighted by Crippen LogP contribution is 2.25. The molecule has 0 radical (unpaired) electrons. The Morgan fingerprint density at radius 2 is 1.90 bits per heavy atom. The van der Waals surface area contributed by atoms with E-state index in [0.717, 1.165) is 7.11 Å². The lowest BCUT2D eigenvalue weighted by molar-refractivity contribution is -0.165. The number of ether oxygens (including phenoxy) is 2. The van der Waals surface area contributed by atoms with Crippen molar-refractivity contribution < 1.29 is 42.2 Å². The van der Waals surface area contributed by atoms with Crippen LogP contribution in [0.15, 0.2) is 30.3 Å². The molecule has 1 aromatic carbocycles. The van der Waals surface area contributed by atoms with Gasteiger partial charge in [0.15, 0.2) is 6.10 Å². The molecule has 1 aliphatic heterocycles. The molecule has 1 heterocycles. The second-order valence-corrected chi connectivity index (χ2v) is 7.99. The fraction of sp³-hybridized carbons (Fsp3) is 0.333. The summed E-state index contributed by atoms with van der Waals surface area (Å²) in [6, 6.07) is 3.83. The second-order valence-electron chi connectivity index (χ2n) is 5.70. The number of amides is 4. The van der Waals surface area contributed by atoms with Crippen molar-refractivity contribution in [3.8, 4) is 0 Å². The number of methoxy groups -OCH3 is 1. The lowest BCUT2D eigenvalue weighted by Crippen LogP contribution is -2.77. The third-order valence-electron chi connectivity index (χ3n) is 3.82. The van der Waals surface area contributed by atoms with E-state index in [-0.39, 0.29) is 11.5 Å². The van der Waals surface area contributed by atoms with Crippen LogP contribution in [-0.4, -0.2) is 67.7 Å². The van der Waals surface area contributed by atoms with Crippen LogP contribution >= 0.6 is 10.7 Å². The zero-order chi connectivity index (χ0) is 21.8. The Kier molecular flexibility index (Phi) is 7.00. The standard InChI is InChI=1S/C15H16ClN3O9S/c1-27-13(22)11(20)10-9(12(21)19(10)14(23)18-29(16,25)26)17-15(24)28-7-8-5-3-2-4-6-8/h2-6,9-11,20H,7H2,1H3,(H,17,24)(H,18,23). The quantitative estimate of drug-likeness (QED) is 0.286. The number of alkyl carbamates (subject to hydrolysis) is 1. The topological polar surface area (TPSA) is 168 Å². The van der Waals surface area contributed by atoms with E-state index >= 15 is 0 Å². The number of nitrogens with zero attached hydrogens (tertiary/aromatic N) is 1. The molecule has 0 spiro atoms. The summed E-state index contributed by atoms with van der Waals surface area (Å²) in [5.74, 6) is -2.33. The minimum absolute atomic E-state index is 0.132. The first-order valence-corrected chi connectivity index (χ1v) is 10.2. The van der Waals surface area contributed by atoms with E-state index in [4.69, 9.17) is 15.4 Å². The number of urea groups is 1. The first kappa shape index (κ1) is 22.4. The molecule has 3 N–H and O–H groups in total. The number of carbonyl (C=O) groups is 4. The van der Waals surface area contributed by atoms with Crippen LogP contribution in [0.1, 0.15) is 5.56 Å². The van der Waals surface area contributed by atoms with Gasteiger partial charge in [-0.25, -0.2) is 19.1 Å². The van der Waals surface area contributed by atoms with Gasteiger partial charge in [0.25, 0.3) is 5.91 Å². The summed E-state index contributed by atoms with van der Waals surface area (Å²) in [6.07, 6.45) is -3.14. The number of aliphatic hydroxyl groups is 1. The zero-order valence-electron chi connectivity index (χ0n) is 14.8. The summed E-state index contributed by atoms with van der Waals surface area (Å²) in [4.78, 5) is 48.0. The van der Waals surface area contributed by atoms with E-state index in [9.17, 15) is 32.7 Å². The van der Waals surface area contributed by atoms with Gasteiger partial charge in [-0.2, -0.15) is 8.42 Å². The Balaban J connectivity index is 2.10. The van der Waals surface area contributed by atoms with Crippen molar-refractivity contribution in [1.82, 2.24) is 14.9 Å². The van der Waals surface area contributed by atoms with Crippen molar-refractivity contribution >= 4 is 43.9 Å². The molecule has 1 saturated heterocycles. The molecule has 3 unspecified atom stereocenters. The minimum Gasteiger partial charge on any atom is -0.467 e. The molecule has 0 aliphatic carbocycles. The van der Waals surface area contributed by atoms with Gasteiger partial charge in [0.05, 0.1) is 7.11 Å². The van der Waals surface area contributed by atoms with Gasteiger partial charge in [-0.3, -0.25) is 9.69 Å². The summed E-state index contributed by atoms with van der Waals surface area (Å²) in [5, 5.41) is 12.2. The van der Waals surface area contributed by atoms with Crippen molar-refractivity contribution in [3.63, 3.8) is 0 Å². The Morgan fingerprint density at radius 3 is 2.45 bits per heavy atom. The van der Waals surface area contributed by atoms with E-state index < -0.39 is 51.4 Å². The summed E-state index contributed by atoms with van der Waals surface area (Å²) in [5.41, 5.74) is 0.655. The van der Waals surface area contributed by atoms with Crippen LogP contribution in [0.4, 0.5) is 9.59 Å². The molecule has 3 atom stereocenters. The van der Waals surface area contributed by atoms with Crippen molar-refractivity contribution in [2.24, 2.45) is 0 Å². The van der Waals surface area contributed by atoms with Gasteiger partial charge in [-0.1, -0.05) is 30.3 Å². The average molecular weight is 450 g/mol. The summed E-state index contributed by atoms with van der Waals surface area (Å²) in [6.45, 7) is -0.132. The number of aliphatic hydroxyl groups excluding tert-OH is 1. The largest absolute Gasteiger partial charge is 0.467 e. The number of hydrogen-bond acceptors (Lipinski definition) is 9. The minimum atomic E-state index is -4.55. The van der Waals surface area contributed by atoms with Crippen LogP contribution in [0.5, 0.6) is 0 Å². The van der Waals surface area contributed by atoms with Gasteiger partial charge in [0, 0.05) is 10.7 Å². The van der Waals surface area contributed by atoms with Crippen LogP contribution in [0, 0.1) is 0 Å². The zero-order valence-corrected chi connectivity index (χ0v) is 16.3. The number of nitrogens with one attached hydrogen (secondary N) is 2. The molecule has 14 heteroatoms. The molecule has 0 bridgehead atoms. The highest BCUT2D eigenvalue weighted by molar-refractivity contribution is 8.12. The molecular weight excluding hydrogens is 434 g/mol. The monoisotopic (exact) mass is 449 g/mol. The first-order chi connectivity index (χ1) is 13.5. The van der Waals surface area contributed by atoms with E-state index in [1.165, 1.54) is 4.72 Å². The Labute approximate surface area is 169 Å². The van der Waals surface area contributed by atoms with Crippen LogP contribution in [0.3, 0.4) is 0 Å². The average Bonchev–Trinajstić information content (AvgIpc) is 2.66. The third kappa shape index (κ3) is 5.56. The van der Waals surface area contributed by atoms with Crippen LogP contribution in [0.25, 0.3) is 0 Å². The van der Waals surface area contributed by atoms with E-state index in [1.807, 2.05) is 0 Å². The highest BCUT2D eigenvalue weighted by Gasteiger charge is 2.57. The van der Waals surface area contributed by atoms with Gasteiger partial charge in [-0.15, -0.1) is 0 Å². The highest BCUT2D eigenvalue weighted by atomic mass is 35.7. The molecule has 29 heavy (non-hydrogen) atoms. The maximum atomic E-state index is 12.2. The predicted octanol–water partition coefficient (Wildman–Crippen LogP) is -0.781. The van der Waals surface area contributed by atoms with Gasteiger partial charge < -0.3 is 19.9 Å². The summed E-state index contributed by atoms with van der Waals surface area (Å²) < 4.78 is 32.6. The molecule has 4 amide bonds. The fourth-order valence-corrected chi connectivity index (χ4v) is 3.03. The number of likely N-dealkylation sites (tertiary alicyclic amines) is 1. The first-order valence-electron chi connectivity index (χ1n) is 7.87. The number of carbonyl (C=O) groups excluding carboxylic acids is 4. The lowest BCUT2D eigenvalue weighted by Gasteiger charge is -2.45. The number of β-lactam (4-membered cyclic amide) rings is 1. The van der Waals surface area contributed by atoms with E-state index in [1.54, 1.807) is 30.3 Å². The van der Waals surface area contributed by atoms with Crippen molar-refractivity contribution in [2.75, 3.05) is 7.11 Å². The Bertz CT molecular complexity index is 909. The number of imide groups is 1. The number of hydrogen-bond donors (Lipinski definition) is 3. The Morgan fingerprint density at radius 1 is 1.28 bits per heavy atom. The second kappa shape index (κ2) is 9.07. The molecule has 2 rings (SSSR count). The maximum absolute atomic E-state index is 12.2. The van der Waals surface area contributed by atoms with Crippen LogP contribution in [-0.2, 0) is 34.9 Å². The molecule has 0 saturated carbocycles. The van der Waals surface area contributed by atoms with Gasteiger partial charge in [0.1, 0.15) is 18.7 Å². The summed E-state index contributed by atoms with van der Waals surface area (Å²) >= 11 is 0. The smallest absolute Gasteiger partial charge is 0.408 e. The molecule has 1 aliphatic rings. The van der Waals surface area contributed by atoms with Gasteiger partial charge in [0.2, 0.25) is 0 Å². The lowest BCUT2D eigenvalue weighted by atomic mass is 9.90. The molecule has 0 aromatic heterocycles. The molecule has 1 aromatic rings. The maximum Gasteiger partial charge on any atom is 0.408 e. The number of esters is 1. The van der Waals surface area contributed by atoms with Crippen LogP contribution < -0.4 is 10.0 Å². The van der Waals surface area contributed by atoms with Crippen LogP contribution in [0.2, 0.25) is 0 Å². The van der Waals surface area contributed by atoms with Gasteiger partial charge in [-0.05, 0) is 5.56 Å². The van der Waals surface area contributed by atoms with Crippen molar-refractivity contribution in [3.05, 3.63) is 35.9 Å². The SMILES string of the molecule is COC(=O)C(O)C1C(NC(=O)OCc2ccccc2)C(=O)N1C(=O)NS(=O)(=O)Cl. The number of rotatable bonds is 6. The van der Waals surface area contributed by atoms with Crippen molar-refractivity contribution in [2.45, 2.75) is 24.8 Å². The van der Waals surface area contributed by atoms with E-state index in [0.29, 0.717) is 5.56 Å². The fourth-order valence-electron chi connectivity index (χ4n) is 2.52. The normalized spacial score (nSPS) is 19.6. The molecular formula is C15H16ClN3O9S. The van der Waals surface area contributed by atoms with Gasteiger partial charge >= 0.3 is 27.3 Å². The van der Waals surface area contributed by atoms with Crippen molar-refractivity contribution in [1.29, 1.82) is 0 Å².